The molecule has 0 saturated carbocycles. The van der Waals surface area contributed by atoms with Gasteiger partial charge in [-0.1, -0.05) is 6.07 Å². The summed E-state index contributed by atoms with van der Waals surface area (Å²) in [6, 6.07) is 7.66. The van der Waals surface area contributed by atoms with Crippen LogP contribution in [-0.4, -0.2) is 68.4 Å². The molecule has 24 heavy (non-hydrogen) atoms. The standard InChI is InChI=1S/C18H26N2O4/c1-19-13-18(24-17(19)21)8-4-9-20(14-18)10-5-11-23-16-7-3-6-15(12-16)22-2/h3,6-7,12H,4-5,8-11,13-14H2,1-2H3/t18-/m1/s1. The summed E-state index contributed by atoms with van der Waals surface area (Å²) in [5, 5.41) is 0. The van der Waals surface area contributed by atoms with E-state index in [9.17, 15) is 4.79 Å². The molecule has 0 aromatic heterocycles. The van der Waals surface area contributed by atoms with Crippen molar-refractivity contribution in [3.63, 3.8) is 0 Å². The molecule has 0 N–H and O–H groups in total. The Bertz CT molecular complexity index is 580. The molecule has 0 radical (unpaired) electrons. The van der Waals surface area contributed by atoms with Gasteiger partial charge in [-0.25, -0.2) is 4.79 Å². The summed E-state index contributed by atoms with van der Waals surface area (Å²) in [4.78, 5) is 15.7. The van der Waals surface area contributed by atoms with Crippen molar-refractivity contribution in [2.45, 2.75) is 24.9 Å². The molecular weight excluding hydrogens is 308 g/mol. The molecule has 1 aromatic carbocycles. The van der Waals surface area contributed by atoms with Crippen LogP contribution in [0.3, 0.4) is 0 Å². The van der Waals surface area contributed by atoms with Gasteiger partial charge in [0.2, 0.25) is 0 Å². The highest BCUT2D eigenvalue weighted by atomic mass is 16.6. The zero-order chi connectivity index (χ0) is 17.0. The van der Waals surface area contributed by atoms with Crippen LogP contribution in [0.2, 0.25) is 0 Å². The summed E-state index contributed by atoms with van der Waals surface area (Å²) in [7, 11) is 3.45. The molecule has 2 heterocycles. The van der Waals surface area contributed by atoms with E-state index in [1.54, 1.807) is 19.1 Å². The van der Waals surface area contributed by atoms with E-state index in [0.29, 0.717) is 13.2 Å². The van der Waals surface area contributed by atoms with Crippen LogP contribution in [0.5, 0.6) is 11.5 Å². The van der Waals surface area contributed by atoms with Gasteiger partial charge < -0.3 is 19.1 Å². The molecule has 0 unspecified atom stereocenters. The van der Waals surface area contributed by atoms with Crippen molar-refractivity contribution in [2.75, 3.05) is 46.9 Å². The predicted molar refractivity (Wildman–Crippen MR) is 90.6 cm³/mol. The first-order chi connectivity index (χ1) is 11.6. The molecule has 1 amide bonds. The number of rotatable bonds is 6. The Kier molecular flexibility index (Phi) is 5.14. The largest absolute Gasteiger partial charge is 0.497 e. The molecule has 1 aromatic rings. The van der Waals surface area contributed by atoms with E-state index < -0.39 is 0 Å². The second-order valence-electron chi connectivity index (χ2n) is 6.67. The van der Waals surface area contributed by atoms with E-state index in [1.807, 2.05) is 24.3 Å². The van der Waals surface area contributed by atoms with Gasteiger partial charge >= 0.3 is 6.09 Å². The number of likely N-dealkylation sites (tertiary alicyclic amines) is 1. The molecule has 2 aliphatic rings. The lowest BCUT2D eigenvalue weighted by Gasteiger charge is -2.38. The van der Waals surface area contributed by atoms with Gasteiger partial charge in [-0.05, 0) is 37.9 Å². The Morgan fingerprint density at radius 2 is 2.12 bits per heavy atom. The van der Waals surface area contributed by atoms with Crippen LogP contribution in [0.1, 0.15) is 19.3 Å². The number of carbonyl (C=O) groups excluding carboxylic acids is 1. The molecule has 6 heteroatoms. The van der Waals surface area contributed by atoms with Gasteiger partial charge in [0.15, 0.2) is 0 Å². The summed E-state index contributed by atoms with van der Waals surface area (Å²) in [5.74, 6) is 1.63. The Morgan fingerprint density at radius 3 is 2.88 bits per heavy atom. The number of likely N-dealkylation sites (N-methyl/N-ethyl adjacent to an activating group) is 1. The average Bonchev–Trinajstić information content (AvgIpc) is 2.85. The van der Waals surface area contributed by atoms with Crippen molar-refractivity contribution >= 4 is 6.09 Å². The third-order valence-corrected chi connectivity index (χ3v) is 4.69. The number of ether oxygens (including phenoxy) is 3. The number of benzene rings is 1. The minimum atomic E-state index is -0.308. The number of hydrogen-bond donors (Lipinski definition) is 0. The highest BCUT2D eigenvalue weighted by molar-refractivity contribution is 5.70. The quantitative estimate of drug-likeness (QED) is 0.748. The van der Waals surface area contributed by atoms with Crippen LogP contribution in [0.25, 0.3) is 0 Å². The summed E-state index contributed by atoms with van der Waals surface area (Å²) in [6.07, 6.45) is 2.77. The SMILES string of the molecule is COc1cccc(OCCCN2CCC[C@]3(C2)CN(C)C(=O)O3)c1. The van der Waals surface area contributed by atoms with E-state index in [0.717, 1.165) is 50.4 Å². The monoisotopic (exact) mass is 334 g/mol. The van der Waals surface area contributed by atoms with Crippen LogP contribution in [0.4, 0.5) is 4.79 Å². The highest BCUT2D eigenvalue weighted by Crippen LogP contribution is 2.31. The fourth-order valence-electron chi connectivity index (χ4n) is 3.56. The Balaban J connectivity index is 1.43. The van der Waals surface area contributed by atoms with E-state index >= 15 is 0 Å². The van der Waals surface area contributed by atoms with Gasteiger partial charge in [0, 0.05) is 26.2 Å². The zero-order valence-electron chi connectivity index (χ0n) is 14.5. The maximum Gasteiger partial charge on any atom is 0.410 e. The fraction of sp³-hybridized carbons (Fsp3) is 0.611. The first-order valence-corrected chi connectivity index (χ1v) is 8.54. The lowest BCUT2D eigenvalue weighted by Crippen LogP contribution is -2.50. The molecule has 2 fully saturated rings. The van der Waals surface area contributed by atoms with E-state index in [4.69, 9.17) is 14.2 Å². The molecule has 2 saturated heterocycles. The van der Waals surface area contributed by atoms with Gasteiger partial charge in [-0.3, -0.25) is 4.90 Å². The molecule has 1 atom stereocenters. The van der Waals surface area contributed by atoms with Gasteiger partial charge in [-0.2, -0.15) is 0 Å². The van der Waals surface area contributed by atoms with Crippen molar-refractivity contribution in [3.05, 3.63) is 24.3 Å². The lowest BCUT2D eigenvalue weighted by atomic mass is 9.93. The first kappa shape index (κ1) is 16.9. The Hall–Kier alpha value is -1.95. The number of hydrogen-bond acceptors (Lipinski definition) is 5. The van der Waals surface area contributed by atoms with Crippen molar-refractivity contribution in [1.29, 1.82) is 0 Å². The van der Waals surface area contributed by atoms with Crippen molar-refractivity contribution in [2.24, 2.45) is 0 Å². The summed E-state index contributed by atoms with van der Waals surface area (Å²) >= 11 is 0. The Morgan fingerprint density at radius 1 is 1.29 bits per heavy atom. The third kappa shape index (κ3) is 3.93. The normalized spacial score (nSPS) is 24.2. The van der Waals surface area contributed by atoms with Gasteiger partial charge in [0.25, 0.3) is 0 Å². The number of nitrogens with zero attached hydrogens (tertiary/aromatic N) is 2. The molecule has 0 aliphatic carbocycles. The summed E-state index contributed by atoms with van der Waals surface area (Å²) in [6.45, 7) is 4.19. The fourth-order valence-corrected chi connectivity index (χ4v) is 3.56. The van der Waals surface area contributed by atoms with E-state index in [-0.39, 0.29) is 11.7 Å². The molecule has 6 nitrogen and oxygen atoms in total. The Labute approximate surface area is 143 Å². The van der Waals surface area contributed by atoms with E-state index in [2.05, 4.69) is 4.90 Å². The summed E-state index contributed by atoms with van der Waals surface area (Å²) < 4.78 is 16.6. The first-order valence-electron chi connectivity index (χ1n) is 8.54. The smallest absolute Gasteiger partial charge is 0.410 e. The molecule has 0 bridgehead atoms. The molecular formula is C18H26N2O4. The van der Waals surface area contributed by atoms with Gasteiger partial charge in [0.1, 0.15) is 17.1 Å². The predicted octanol–water partition coefficient (Wildman–Crippen LogP) is 2.38. The number of amides is 1. The maximum absolute atomic E-state index is 11.7. The van der Waals surface area contributed by atoms with Crippen LogP contribution in [0.15, 0.2) is 24.3 Å². The number of carbonyl (C=O) groups is 1. The van der Waals surface area contributed by atoms with Crippen molar-refractivity contribution in [3.8, 4) is 11.5 Å². The minimum Gasteiger partial charge on any atom is -0.497 e. The average molecular weight is 334 g/mol. The van der Waals surface area contributed by atoms with Crippen LogP contribution >= 0.6 is 0 Å². The van der Waals surface area contributed by atoms with Crippen LogP contribution in [-0.2, 0) is 4.74 Å². The minimum absolute atomic E-state index is 0.196. The van der Waals surface area contributed by atoms with Crippen molar-refractivity contribution < 1.29 is 19.0 Å². The number of methoxy groups -OCH3 is 1. The van der Waals surface area contributed by atoms with Crippen LogP contribution < -0.4 is 9.47 Å². The molecule has 2 aliphatic heterocycles. The molecule has 3 rings (SSSR count). The molecule has 1 spiro atoms. The van der Waals surface area contributed by atoms with Gasteiger partial charge in [0.05, 0.1) is 20.3 Å². The number of piperidine rings is 1. The van der Waals surface area contributed by atoms with Gasteiger partial charge in [-0.15, -0.1) is 0 Å². The topological polar surface area (TPSA) is 51.2 Å². The second kappa shape index (κ2) is 7.30. The van der Waals surface area contributed by atoms with E-state index in [1.165, 1.54) is 0 Å². The second-order valence-corrected chi connectivity index (χ2v) is 6.67. The lowest BCUT2D eigenvalue weighted by molar-refractivity contribution is -0.00979. The third-order valence-electron chi connectivity index (χ3n) is 4.69. The van der Waals surface area contributed by atoms with Crippen LogP contribution in [0, 0.1) is 0 Å². The van der Waals surface area contributed by atoms with Crippen molar-refractivity contribution in [1.82, 2.24) is 9.80 Å². The molecule has 132 valence electrons. The zero-order valence-corrected chi connectivity index (χ0v) is 14.5. The summed E-state index contributed by atoms with van der Waals surface area (Å²) in [5.41, 5.74) is -0.308. The maximum atomic E-state index is 11.7. The highest BCUT2D eigenvalue weighted by Gasteiger charge is 2.46.